The predicted molar refractivity (Wildman–Crippen MR) is 92.4 cm³/mol. The Morgan fingerprint density at radius 1 is 1.17 bits per heavy atom. The van der Waals surface area contributed by atoms with Crippen LogP contribution in [0.15, 0.2) is 48.5 Å². The Hall–Kier alpha value is -2.40. The summed E-state index contributed by atoms with van der Waals surface area (Å²) in [6, 6.07) is 13.5. The van der Waals surface area contributed by atoms with E-state index in [-0.39, 0.29) is 23.4 Å². The molecule has 0 heterocycles. The normalized spacial score (nSPS) is 11.6. The molecule has 0 bridgehead atoms. The van der Waals surface area contributed by atoms with Crippen molar-refractivity contribution in [1.29, 1.82) is 0 Å². The van der Waals surface area contributed by atoms with Gasteiger partial charge in [-0.05, 0) is 30.2 Å². The molecule has 0 saturated carbocycles. The average molecular weight is 349 g/mol. The fraction of sp³-hybridized carbons (Fsp3) is 0.222. The van der Waals surface area contributed by atoms with Crippen LogP contribution in [0.1, 0.15) is 12.5 Å². The van der Waals surface area contributed by atoms with E-state index in [2.05, 4.69) is 10.6 Å². The standard InChI is InChI=1S/C18H18ClFN2O2/c1-12(9-13-5-3-2-4-6-13)18(24)21-11-17(23)22-14-7-8-16(20)15(19)10-14/h2-8,10,12H,9,11H2,1H3,(H,21,24)(H,22,23). The minimum absolute atomic E-state index is 0.0756. The Balaban J connectivity index is 1.80. The minimum atomic E-state index is -0.558. The largest absolute Gasteiger partial charge is 0.347 e. The fourth-order valence-electron chi connectivity index (χ4n) is 2.18. The van der Waals surface area contributed by atoms with Gasteiger partial charge in [0, 0.05) is 11.6 Å². The Morgan fingerprint density at radius 3 is 2.54 bits per heavy atom. The van der Waals surface area contributed by atoms with Crippen LogP contribution in [0.3, 0.4) is 0 Å². The van der Waals surface area contributed by atoms with Gasteiger partial charge in [-0.25, -0.2) is 4.39 Å². The van der Waals surface area contributed by atoms with Gasteiger partial charge >= 0.3 is 0 Å². The number of nitrogens with one attached hydrogen (secondary N) is 2. The summed E-state index contributed by atoms with van der Waals surface area (Å²) in [5, 5.41) is 5.06. The molecule has 0 aliphatic heterocycles. The second-order valence-corrected chi connectivity index (χ2v) is 5.89. The number of anilines is 1. The average Bonchev–Trinajstić information content (AvgIpc) is 2.57. The zero-order valence-electron chi connectivity index (χ0n) is 13.2. The van der Waals surface area contributed by atoms with Crippen molar-refractivity contribution in [3.8, 4) is 0 Å². The van der Waals surface area contributed by atoms with Gasteiger partial charge in [-0.1, -0.05) is 48.9 Å². The van der Waals surface area contributed by atoms with Crippen molar-refractivity contribution in [2.24, 2.45) is 5.92 Å². The first kappa shape index (κ1) is 17.9. The second-order valence-electron chi connectivity index (χ2n) is 5.49. The quantitative estimate of drug-likeness (QED) is 0.840. The van der Waals surface area contributed by atoms with E-state index < -0.39 is 11.7 Å². The molecule has 2 rings (SSSR count). The Kier molecular flexibility index (Phi) is 6.32. The molecule has 126 valence electrons. The van der Waals surface area contributed by atoms with Gasteiger partial charge in [0.15, 0.2) is 0 Å². The number of carbonyl (C=O) groups excluding carboxylic acids is 2. The fourth-order valence-corrected chi connectivity index (χ4v) is 2.36. The van der Waals surface area contributed by atoms with Crippen LogP contribution in [0.5, 0.6) is 0 Å². The maximum Gasteiger partial charge on any atom is 0.243 e. The highest BCUT2D eigenvalue weighted by molar-refractivity contribution is 6.31. The molecule has 1 atom stereocenters. The third-order valence-electron chi connectivity index (χ3n) is 3.46. The van der Waals surface area contributed by atoms with Crippen molar-refractivity contribution in [3.05, 3.63) is 64.9 Å². The van der Waals surface area contributed by atoms with Gasteiger partial charge in [-0.2, -0.15) is 0 Å². The summed E-state index contributed by atoms with van der Waals surface area (Å²) in [5.74, 6) is -1.41. The summed E-state index contributed by atoms with van der Waals surface area (Å²) in [6.07, 6.45) is 0.599. The van der Waals surface area contributed by atoms with Gasteiger partial charge in [0.25, 0.3) is 0 Å². The molecule has 0 radical (unpaired) electrons. The van der Waals surface area contributed by atoms with E-state index in [0.29, 0.717) is 12.1 Å². The Labute approximate surface area is 145 Å². The van der Waals surface area contributed by atoms with Gasteiger partial charge in [0.1, 0.15) is 5.82 Å². The van der Waals surface area contributed by atoms with Crippen LogP contribution < -0.4 is 10.6 Å². The summed E-state index contributed by atoms with van der Waals surface area (Å²) in [4.78, 5) is 23.9. The van der Waals surface area contributed by atoms with Gasteiger partial charge in [-0.15, -0.1) is 0 Å². The number of hydrogen-bond donors (Lipinski definition) is 2. The first-order valence-corrected chi connectivity index (χ1v) is 7.90. The van der Waals surface area contributed by atoms with E-state index in [0.717, 1.165) is 5.56 Å². The van der Waals surface area contributed by atoms with E-state index in [1.165, 1.54) is 18.2 Å². The first-order chi connectivity index (χ1) is 11.5. The molecule has 0 aliphatic rings. The van der Waals surface area contributed by atoms with Gasteiger partial charge in [-0.3, -0.25) is 9.59 Å². The molecule has 2 N–H and O–H groups in total. The van der Waals surface area contributed by atoms with Crippen molar-refractivity contribution in [2.45, 2.75) is 13.3 Å². The highest BCUT2D eigenvalue weighted by Gasteiger charge is 2.14. The summed E-state index contributed by atoms with van der Waals surface area (Å²) >= 11 is 5.65. The molecular formula is C18H18ClFN2O2. The molecule has 4 nitrogen and oxygen atoms in total. The minimum Gasteiger partial charge on any atom is -0.347 e. The van der Waals surface area contributed by atoms with Gasteiger partial charge in [0.05, 0.1) is 11.6 Å². The van der Waals surface area contributed by atoms with Crippen LogP contribution in [0.25, 0.3) is 0 Å². The molecule has 0 saturated heterocycles. The summed E-state index contributed by atoms with van der Waals surface area (Å²) in [7, 11) is 0. The lowest BCUT2D eigenvalue weighted by atomic mass is 10.0. The van der Waals surface area contributed by atoms with E-state index in [9.17, 15) is 14.0 Å². The molecule has 2 aromatic rings. The zero-order valence-corrected chi connectivity index (χ0v) is 13.9. The SMILES string of the molecule is CC(Cc1ccccc1)C(=O)NCC(=O)Nc1ccc(F)c(Cl)c1. The highest BCUT2D eigenvalue weighted by Crippen LogP contribution is 2.19. The molecule has 0 spiro atoms. The molecule has 2 amide bonds. The molecule has 0 fully saturated rings. The molecule has 2 aromatic carbocycles. The third-order valence-corrected chi connectivity index (χ3v) is 3.75. The zero-order chi connectivity index (χ0) is 17.5. The van der Waals surface area contributed by atoms with Crippen LogP contribution in [-0.4, -0.2) is 18.4 Å². The number of rotatable bonds is 6. The van der Waals surface area contributed by atoms with E-state index in [1.54, 1.807) is 6.92 Å². The van der Waals surface area contributed by atoms with Crippen LogP contribution in [0, 0.1) is 11.7 Å². The summed E-state index contributed by atoms with van der Waals surface area (Å²) in [5.41, 5.74) is 1.43. The topological polar surface area (TPSA) is 58.2 Å². The second kappa shape index (κ2) is 8.45. The Morgan fingerprint density at radius 2 is 1.88 bits per heavy atom. The van der Waals surface area contributed by atoms with Crippen molar-refractivity contribution in [3.63, 3.8) is 0 Å². The van der Waals surface area contributed by atoms with Crippen molar-refractivity contribution in [1.82, 2.24) is 5.32 Å². The van der Waals surface area contributed by atoms with Crippen LogP contribution in [0.2, 0.25) is 5.02 Å². The predicted octanol–water partition coefficient (Wildman–Crippen LogP) is 3.41. The monoisotopic (exact) mass is 348 g/mol. The lowest BCUT2D eigenvalue weighted by molar-refractivity contribution is -0.126. The molecule has 0 aliphatic carbocycles. The number of benzene rings is 2. The summed E-state index contributed by atoms with van der Waals surface area (Å²) in [6.45, 7) is 1.65. The summed E-state index contributed by atoms with van der Waals surface area (Å²) < 4.78 is 13.1. The highest BCUT2D eigenvalue weighted by atomic mass is 35.5. The molecule has 1 unspecified atom stereocenters. The third kappa shape index (κ3) is 5.35. The first-order valence-electron chi connectivity index (χ1n) is 7.52. The van der Waals surface area contributed by atoms with Crippen molar-refractivity contribution in [2.75, 3.05) is 11.9 Å². The molecule has 24 heavy (non-hydrogen) atoms. The van der Waals surface area contributed by atoms with E-state index in [1.807, 2.05) is 30.3 Å². The molecular weight excluding hydrogens is 331 g/mol. The molecule has 6 heteroatoms. The van der Waals surface area contributed by atoms with Crippen LogP contribution in [0.4, 0.5) is 10.1 Å². The maximum absolute atomic E-state index is 13.1. The van der Waals surface area contributed by atoms with E-state index in [4.69, 9.17) is 11.6 Å². The number of halogens is 2. The van der Waals surface area contributed by atoms with Crippen molar-refractivity contribution < 1.29 is 14.0 Å². The van der Waals surface area contributed by atoms with Crippen molar-refractivity contribution >= 4 is 29.1 Å². The van der Waals surface area contributed by atoms with E-state index >= 15 is 0 Å². The molecule has 0 aromatic heterocycles. The van der Waals surface area contributed by atoms with Crippen LogP contribution >= 0.6 is 11.6 Å². The number of carbonyl (C=O) groups is 2. The smallest absolute Gasteiger partial charge is 0.243 e. The lowest BCUT2D eigenvalue weighted by Crippen LogP contribution is -2.36. The van der Waals surface area contributed by atoms with Gasteiger partial charge < -0.3 is 10.6 Å². The number of hydrogen-bond acceptors (Lipinski definition) is 2. The van der Waals surface area contributed by atoms with Crippen LogP contribution in [-0.2, 0) is 16.0 Å². The number of amides is 2. The van der Waals surface area contributed by atoms with Gasteiger partial charge in [0.2, 0.25) is 11.8 Å². The lowest BCUT2D eigenvalue weighted by Gasteiger charge is -2.12. The Bertz CT molecular complexity index is 722. The maximum atomic E-state index is 13.1.